The summed E-state index contributed by atoms with van der Waals surface area (Å²) in [6, 6.07) is 0. The second kappa shape index (κ2) is 12.3. The zero-order chi connectivity index (χ0) is 16.9. The average molecular weight is 324 g/mol. The summed E-state index contributed by atoms with van der Waals surface area (Å²) in [7, 11) is 1.43. The standard InChI is InChI=1S/C19H32O4/c1-3-4-10-13-16(20)19-17(23-19)14-11-8-6-5-7-9-12-15-18(21)22-2/h4,10-11,14,16-17,19-20H,3,5-9,12-13,15H2,1-2H3/b10-4-,14-11-/t16-,17-,19-/m1/s1. The molecule has 0 radical (unpaired) electrons. The van der Waals surface area contributed by atoms with Gasteiger partial charge in [0, 0.05) is 6.42 Å². The number of carbonyl (C=O) groups excluding carboxylic acids is 1. The average Bonchev–Trinajstić information content (AvgIpc) is 3.32. The minimum Gasteiger partial charge on any atom is -0.469 e. The predicted octanol–water partition coefficient (Wildman–Crippen LogP) is 3.93. The maximum absolute atomic E-state index is 10.9. The minimum absolute atomic E-state index is 0.0222. The summed E-state index contributed by atoms with van der Waals surface area (Å²) < 4.78 is 10.1. The molecule has 4 heteroatoms. The van der Waals surface area contributed by atoms with Crippen molar-refractivity contribution in [3.63, 3.8) is 0 Å². The molecule has 0 spiro atoms. The Morgan fingerprint density at radius 3 is 2.65 bits per heavy atom. The molecule has 1 aliphatic rings. The Hall–Kier alpha value is -1.13. The maximum atomic E-state index is 10.9. The van der Waals surface area contributed by atoms with Crippen LogP contribution in [0.25, 0.3) is 0 Å². The van der Waals surface area contributed by atoms with E-state index in [0.29, 0.717) is 12.8 Å². The summed E-state index contributed by atoms with van der Waals surface area (Å²) in [5.41, 5.74) is 0. The zero-order valence-electron chi connectivity index (χ0n) is 14.6. The summed E-state index contributed by atoms with van der Waals surface area (Å²) in [5.74, 6) is -0.112. The first-order chi connectivity index (χ1) is 11.2. The summed E-state index contributed by atoms with van der Waals surface area (Å²) >= 11 is 0. The highest BCUT2D eigenvalue weighted by Gasteiger charge is 2.41. The number of methoxy groups -OCH3 is 1. The van der Waals surface area contributed by atoms with Gasteiger partial charge in [0.1, 0.15) is 12.2 Å². The van der Waals surface area contributed by atoms with Crippen molar-refractivity contribution < 1.29 is 19.4 Å². The molecule has 0 aromatic carbocycles. The van der Waals surface area contributed by atoms with Crippen molar-refractivity contribution in [3.8, 4) is 0 Å². The van der Waals surface area contributed by atoms with E-state index >= 15 is 0 Å². The normalized spacial score (nSPS) is 21.9. The largest absolute Gasteiger partial charge is 0.469 e. The van der Waals surface area contributed by atoms with Crippen molar-refractivity contribution in [3.05, 3.63) is 24.3 Å². The van der Waals surface area contributed by atoms with Crippen LogP contribution in [0, 0.1) is 0 Å². The molecule has 132 valence electrons. The van der Waals surface area contributed by atoms with E-state index in [-0.39, 0.29) is 24.3 Å². The van der Waals surface area contributed by atoms with Crippen molar-refractivity contribution >= 4 is 5.97 Å². The fourth-order valence-corrected chi connectivity index (χ4v) is 2.53. The number of aliphatic hydroxyl groups is 1. The fourth-order valence-electron chi connectivity index (χ4n) is 2.53. The Morgan fingerprint density at radius 1 is 1.17 bits per heavy atom. The van der Waals surface area contributed by atoms with Crippen molar-refractivity contribution in [2.24, 2.45) is 0 Å². The number of ether oxygens (including phenoxy) is 2. The topological polar surface area (TPSA) is 59.1 Å². The van der Waals surface area contributed by atoms with Gasteiger partial charge in [-0.2, -0.15) is 0 Å². The molecule has 0 saturated carbocycles. The lowest BCUT2D eigenvalue weighted by molar-refractivity contribution is -0.140. The van der Waals surface area contributed by atoms with Crippen LogP contribution in [0.4, 0.5) is 0 Å². The number of carbonyl (C=O) groups is 1. The van der Waals surface area contributed by atoms with Gasteiger partial charge in [-0.05, 0) is 32.1 Å². The molecule has 0 aromatic rings. The van der Waals surface area contributed by atoms with E-state index in [1.807, 2.05) is 6.08 Å². The molecular weight excluding hydrogens is 292 g/mol. The Labute approximate surface area is 140 Å². The zero-order valence-corrected chi connectivity index (χ0v) is 14.6. The van der Waals surface area contributed by atoms with Gasteiger partial charge >= 0.3 is 5.97 Å². The third kappa shape index (κ3) is 9.57. The van der Waals surface area contributed by atoms with Crippen LogP contribution in [0.2, 0.25) is 0 Å². The summed E-state index contributed by atoms with van der Waals surface area (Å²) in [6.45, 7) is 2.08. The van der Waals surface area contributed by atoms with Gasteiger partial charge in [-0.15, -0.1) is 0 Å². The van der Waals surface area contributed by atoms with Crippen molar-refractivity contribution in [2.45, 2.75) is 83.0 Å². The summed E-state index contributed by atoms with van der Waals surface area (Å²) in [5, 5.41) is 9.92. The maximum Gasteiger partial charge on any atom is 0.305 e. The number of aliphatic hydroxyl groups excluding tert-OH is 1. The molecule has 1 aliphatic heterocycles. The van der Waals surface area contributed by atoms with E-state index in [9.17, 15) is 9.90 Å². The molecule has 0 unspecified atom stereocenters. The number of allylic oxidation sites excluding steroid dienone is 2. The van der Waals surface area contributed by atoms with Crippen molar-refractivity contribution in [1.29, 1.82) is 0 Å². The van der Waals surface area contributed by atoms with Gasteiger partial charge in [0.05, 0.1) is 13.2 Å². The molecule has 0 bridgehead atoms. The van der Waals surface area contributed by atoms with Crippen LogP contribution in [0.3, 0.4) is 0 Å². The van der Waals surface area contributed by atoms with Crippen LogP contribution < -0.4 is 0 Å². The first-order valence-corrected chi connectivity index (χ1v) is 8.91. The van der Waals surface area contributed by atoms with E-state index in [0.717, 1.165) is 38.5 Å². The molecule has 1 rings (SSSR count). The lowest BCUT2D eigenvalue weighted by Gasteiger charge is -2.02. The highest BCUT2D eigenvalue weighted by Crippen LogP contribution is 2.28. The number of rotatable bonds is 13. The molecule has 0 amide bonds. The van der Waals surface area contributed by atoms with Crippen LogP contribution in [-0.4, -0.2) is 36.5 Å². The second-order valence-corrected chi connectivity index (χ2v) is 6.06. The second-order valence-electron chi connectivity index (χ2n) is 6.06. The minimum atomic E-state index is -0.387. The monoisotopic (exact) mass is 324 g/mol. The lowest BCUT2D eigenvalue weighted by atomic mass is 10.1. The number of unbranched alkanes of at least 4 members (excludes halogenated alkanes) is 5. The number of epoxide rings is 1. The summed E-state index contributed by atoms with van der Waals surface area (Å²) in [4.78, 5) is 10.9. The number of hydrogen-bond acceptors (Lipinski definition) is 4. The van der Waals surface area contributed by atoms with Gasteiger partial charge in [0.25, 0.3) is 0 Å². The smallest absolute Gasteiger partial charge is 0.305 e. The highest BCUT2D eigenvalue weighted by atomic mass is 16.6. The molecule has 4 nitrogen and oxygen atoms in total. The molecule has 1 heterocycles. The number of esters is 1. The van der Waals surface area contributed by atoms with Crippen LogP contribution in [0.5, 0.6) is 0 Å². The van der Waals surface area contributed by atoms with E-state index < -0.39 is 0 Å². The quantitative estimate of drug-likeness (QED) is 0.241. The third-order valence-corrected chi connectivity index (χ3v) is 4.03. The first kappa shape index (κ1) is 19.9. The van der Waals surface area contributed by atoms with Crippen LogP contribution in [0.1, 0.15) is 64.7 Å². The Morgan fingerprint density at radius 2 is 1.91 bits per heavy atom. The van der Waals surface area contributed by atoms with Crippen molar-refractivity contribution in [2.75, 3.05) is 7.11 Å². The van der Waals surface area contributed by atoms with Gasteiger partial charge in [-0.25, -0.2) is 0 Å². The lowest BCUT2D eigenvalue weighted by Crippen LogP contribution is -2.15. The first-order valence-electron chi connectivity index (χ1n) is 8.91. The van der Waals surface area contributed by atoms with E-state index in [4.69, 9.17) is 4.74 Å². The predicted molar refractivity (Wildman–Crippen MR) is 92.2 cm³/mol. The highest BCUT2D eigenvalue weighted by molar-refractivity contribution is 5.68. The Balaban J connectivity index is 1.93. The van der Waals surface area contributed by atoms with E-state index in [1.165, 1.54) is 13.5 Å². The van der Waals surface area contributed by atoms with E-state index in [1.54, 1.807) is 0 Å². The van der Waals surface area contributed by atoms with Gasteiger partial charge in [-0.1, -0.05) is 50.5 Å². The Bertz CT molecular complexity index is 376. The molecule has 0 aliphatic carbocycles. The van der Waals surface area contributed by atoms with E-state index in [2.05, 4.69) is 29.9 Å². The van der Waals surface area contributed by atoms with Crippen LogP contribution >= 0.6 is 0 Å². The molecular formula is C19H32O4. The SMILES string of the molecule is CC/C=C\C[C@@H](O)[C@H]1O[C@@H]1/C=C\CCCCCCCC(=O)OC. The number of hydrogen-bond donors (Lipinski definition) is 1. The van der Waals surface area contributed by atoms with Crippen molar-refractivity contribution in [1.82, 2.24) is 0 Å². The van der Waals surface area contributed by atoms with Gasteiger partial charge in [0.15, 0.2) is 0 Å². The molecule has 23 heavy (non-hydrogen) atoms. The molecule has 1 fully saturated rings. The van der Waals surface area contributed by atoms with Gasteiger partial charge in [0.2, 0.25) is 0 Å². The molecule has 1 N–H and O–H groups in total. The Kier molecular flexibility index (Phi) is 10.7. The molecule has 3 atom stereocenters. The van der Waals surface area contributed by atoms with Gasteiger partial charge < -0.3 is 14.6 Å². The third-order valence-electron chi connectivity index (χ3n) is 4.03. The molecule has 0 aromatic heterocycles. The van der Waals surface area contributed by atoms with Gasteiger partial charge in [-0.3, -0.25) is 4.79 Å². The fraction of sp³-hybridized carbons (Fsp3) is 0.737. The van der Waals surface area contributed by atoms with Crippen LogP contribution in [-0.2, 0) is 14.3 Å². The molecule has 1 saturated heterocycles. The van der Waals surface area contributed by atoms with Crippen LogP contribution in [0.15, 0.2) is 24.3 Å². The summed E-state index contributed by atoms with van der Waals surface area (Å²) in [6.07, 6.45) is 16.8.